The first-order valence-electron chi connectivity index (χ1n) is 12.3. The molecule has 10 nitrogen and oxygen atoms in total. The lowest BCUT2D eigenvalue weighted by Crippen LogP contribution is -2.32. The van der Waals surface area contributed by atoms with Crippen molar-refractivity contribution in [2.45, 2.75) is 24.3 Å². The van der Waals surface area contributed by atoms with Gasteiger partial charge < -0.3 is 10.1 Å². The van der Waals surface area contributed by atoms with Crippen LogP contribution in [0.3, 0.4) is 0 Å². The molecule has 0 aliphatic heterocycles. The van der Waals surface area contributed by atoms with Gasteiger partial charge in [0.2, 0.25) is 0 Å². The van der Waals surface area contributed by atoms with Crippen molar-refractivity contribution >= 4 is 66.6 Å². The van der Waals surface area contributed by atoms with Gasteiger partial charge in [-0.3, -0.25) is 9.52 Å². The number of thiazole rings is 1. The van der Waals surface area contributed by atoms with E-state index in [0.29, 0.717) is 21.8 Å². The summed E-state index contributed by atoms with van der Waals surface area (Å²) in [5, 5.41) is 10.7. The lowest BCUT2D eigenvalue weighted by molar-refractivity contribution is -0.124. The molecule has 0 radical (unpaired) electrons. The van der Waals surface area contributed by atoms with Crippen LogP contribution in [0.25, 0.3) is 20.8 Å². The Labute approximate surface area is 244 Å². The third-order valence-electron chi connectivity index (χ3n) is 5.89. The van der Waals surface area contributed by atoms with Crippen LogP contribution in [0.5, 0.6) is 0 Å². The number of rotatable bonds is 9. The van der Waals surface area contributed by atoms with Crippen LogP contribution in [-0.2, 0) is 19.6 Å². The normalized spacial score (nSPS) is 12.0. The van der Waals surface area contributed by atoms with Crippen molar-refractivity contribution in [2.24, 2.45) is 0 Å². The Morgan fingerprint density at radius 3 is 2.39 bits per heavy atom. The van der Waals surface area contributed by atoms with Crippen LogP contribution in [0.2, 0.25) is 5.15 Å². The molecule has 3 aromatic carbocycles. The predicted molar refractivity (Wildman–Crippen MR) is 157 cm³/mol. The van der Waals surface area contributed by atoms with Crippen molar-refractivity contribution in [2.75, 3.05) is 10.0 Å². The second-order valence-corrected chi connectivity index (χ2v) is 11.8. The molecule has 1 atom stereocenters. The van der Waals surface area contributed by atoms with Crippen LogP contribution >= 0.6 is 22.9 Å². The number of carbonyl (C=O) groups excluding carboxylic acids is 2. The number of anilines is 2. The second-order valence-electron chi connectivity index (χ2n) is 8.69. The van der Waals surface area contributed by atoms with E-state index in [1.54, 1.807) is 25.1 Å². The Morgan fingerprint density at radius 1 is 0.951 bits per heavy atom. The average molecular weight is 608 g/mol. The van der Waals surface area contributed by atoms with Gasteiger partial charge in [-0.05, 0) is 61.0 Å². The molecule has 41 heavy (non-hydrogen) atoms. The predicted octanol–water partition coefficient (Wildman–Crippen LogP) is 5.78. The van der Waals surface area contributed by atoms with Gasteiger partial charge in [0.1, 0.15) is 5.01 Å². The van der Waals surface area contributed by atoms with Crippen molar-refractivity contribution in [3.63, 3.8) is 0 Å². The number of ether oxygens (including phenoxy) is 1. The number of sulfonamides is 1. The zero-order valence-corrected chi connectivity index (χ0v) is 23.8. The molecule has 0 saturated carbocycles. The summed E-state index contributed by atoms with van der Waals surface area (Å²) < 4.78 is 34.2. The summed E-state index contributed by atoms with van der Waals surface area (Å²) in [5.41, 5.74) is 2.06. The Hall–Kier alpha value is -4.39. The number of fused-ring (bicyclic) bond motifs is 1. The number of benzene rings is 3. The molecule has 0 aliphatic carbocycles. The van der Waals surface area contributed by atoms with E-state index in [4.69, 9.17) is 16.3 Å². The van der Waals surface area contributed by atoms with E-state index >= 15 is 0 Å². The molecule has 5 rings (SSSR count). The number of halogens is 1. The van der Waals surface area contributed by atoms with Crippen LogP contribution in [0.4, 0.5) is 11.5 Å². The molecule has 13 heteroatoms. The van der Waals surface area contributed by atoms with Crippen LogP contribution in [-0.4, -0.2) is 41.6 Å². The van der Waals surface area contributed by atoms with Gasteiger partial charge in [0, 0.05) is 11.3 Å². The van der Waals surface area contributed by atoms with E-state index in [1.165, 1.54) is 47.7 Å². The first kappa shape index (κ1) is 28.1. The zero-order chi connectivity index (χ0) is 29.0. The minimum atomic E-state index is -3.96. The maximum atomic E-state index is 13.2. The summed E-state index contributed by atoms with van der Waals surface area (Å²) in [6.07, 6.45) is -0.862. The van der Waals surface area contributed by atoms with Crippen molar-refractivity contribution in [3.05, 3.63) is 95.6 Å². The minimum Gasteiger partial charge on any atom is -0.449 e. The average Bonchev–Trinajstić information content (AvgIpc) is 3.41. The third kappa shape index (κ3) is 6.51. The molecule has 0 fully saturated rings. The van der Waals surface area contributed by atoms with Gasteiger partial charge in [0.25, 0.3) is 15.9 Å². The van der Waals surface area contributed by atoms with Crippen molar-refractivity contribution in [1.82, 2.24) is 15.2 Å². The third-order valence-corrected chi connectivity index (χ3v) is 8.53. The van der Waals surface area contributed by atoms with Gasteiger partial charge >= 0.3 is 5.97 Å². The number of para-hydroxylation sites is 1. The highest BCUT2D eigenvalue weighted by Crippen LogP contribution is 2.32. The fourth-order valence-electron chi connectivity index (χ4n) is 3.86. The summed E-state index contributed by atoms with van der Waals surface area (Å²) in [6, 6.07) is 22.9. The van der Waals surface area contributed by atoms with Crippen LogP contribution in [0.15, 0.2) is 89.8 Å². The Balaban J connectivity index is 1.26. The van der Waals surface area contributed by atoms with E-state index < -0.39 is 28.0 Å². The van der Waals surface area contributed by atoms with Crippen LogP contribution < -0.4 is 10.0 Å². The van der Waals surface area contributed by atoms with Gasteiger partial charge in [-0.2, -0.15) is 0 Å². The van der Waals surface area contributed by atoms with Gasteiger partial charge in [-0.1, -0.05) is 48.9 Å². The fraction of sp³-hybridized carbons (Fsp3) is 0.107. The molecule has 208 valence electrons. The van der Waals surface area contributed by atoms with Crippen molar-refractivity contribution < 1.29 is 22.7 Å². The number of nitrogens with one attached hydrogen (secondary N) is 2. The Morgan fingerprint density at radius 2 is 1.68 bits per heavy atom. The summed E-state index contributed by atoms with van der Waals surface area (Å²) in [5.74, 6) is -1.20. The molecule has 0 bridgehead atoms. The maximum absolute atomic E-state index is 13.2. The van der Waals surface area contributed by atoms with Crippen molar-refractivity contribution in [3.8, 4) is 10.6 Å². The van der Waals surface area contributed by atoms with Crippen molar-refractivity contribution in [1.29, 1.82) is 0 Å². The summed E-state index contributed by atoms with van der Waals surface area (Å²) in [6.45, 7) is 1.72. The molecule has 2 aromatic heterocycles. The SMILES string of the molecule is CCC(OC(=O)c1ccccc1-c1nc2ccccc2s1)C(=O)Nc1ccc(S(=O)(=O)Nc2ccc(Cl)nn2)cc1. The largest absolute Gasteiger partial charge is 0.449 e. The fourth-order valence-corrected chi connectivity index (χ4v) is 5.96. The first-order chi connectivity index (χ1) is 19.7. The molecule has 5 aromatic rings. The van der Waals surface area contributed by atoms with Gasteiger partial charge in [-0.15, -0.1) is 21.5 Å². The maximum Gasteiger partial charge on any atom is 0.339 e. The number of aromatic nitrogens is 3. The van der Waals surface area contributed by atoms with Gasteiger partial charge in [0.15, 0.2) is 17.1 Å². The van der Waals surface area contributed by atoms with E-state index in [9.17, 15) is 18.0 Å². The highest BCUT2D eigenvalue weighted by molar-refractivity contribution is 7.92. The summed E-state index contributed by atoms with van der Waals surface area (Å²) in [7, 11) is -3.96. The monoisotopic (exact) mass is 607 g/mol. The van der Waals surface area contributed by atoms with Gasteiger partial charge in [-0.25, -0.2) is 18.2 Å². The van der Waals surface area contributed by atoms with E-state index in [-0.39, 0.29) is 22.3 Å². The smallest absolute Gasteiger partial charge is 0.339 e. The zero-order valence-electron chi connectivity index (χ0n) is 21.4. The number of hydrogen-bond acceptors (Lipinski definition) is 9. The molecule has 1 amide bonds. The Bertz CT molecular complexity index is 1790. The molecule has 0 spiro atoms. The summed E-state index contributed by atoms with van der Waals surface area (Å²) >= 11 is 7.14. The molecule has 1 unspecified atom stereocenters. The number of carbonyl (C=O) groups is 2. The van der Waals surface area contributed by atoms with Crippen LogP contribution in [0, 0.1) is 0 Å². The number of hydrogen-bond donors (Lipinski definition) is 2. The lowest BCUT2D eigenvalue weighted by Gasteiger charge is -2.17. The molecule has 0 aliphatic rings. The molecule has 2 heterocycles. The number of amides is 1. The lowest BCUT2D eigenvalue weighted by atomic mass is 10.1. The first-order valence-corrected chi connectivity index (χ1v) is 15.0. The Kier molecular flexibility index (Phi) is 8.24. The number of nitrogens with zero attached hydrogens (tertiary/aromatic N) is 3. The number of esters is 1. The molecular weight excluding hydrogens is 586 g/mol. The standard InChI is InChI=1S/C28H22ClN5O5S2/c1-2-22(39-28(36)20-8-4-3-7-19(20)27-31-21-9-5-6-10-23(21)40-27)26(35)30-17-11-13-18(14-12-17)41(37,38)34-25-16-15-24(29)32-33-25/h3-16,22H,2H2,1H3,(H,30,35)(H,33,34). The van der Waals surface area contributed by atoms with E-state index in [1.807, 2.05) is 30.3 Å². The molecule has 0 saturated heterocycles. The molecule has 2 N–H and O–H groups in total. The summed E-state index contributed by atoms with van der Waals surface area (Å²) in [4.78, 5) is 30.7. The van der Waals surface area contributed by atoms with Gasteiger partial charge in [0.05, 0.1) is 20.7 Å². The quantitative estimate of drug-likeness (QED) is 0.201. The highest BCUT2D eigenvalue weighted by atomic mass is 35.5. The molecular formula is C28H22ClN5O5S2. The highest BCUT2D eigenvalue weighted by Gasteiger charge is 2.25. The van der Waals surface area contributed by atoms with E-state index in [0.717, 1.165) is 10.2 Å². The minimum absolute atomic E-state index is 0.00379. The topological polar surface area (TPSA) is 140 Å². The van der Waals surface area contributed by atoms with Crippen LogP contribution in [0.1, 0.15) is 23.7 Å². The second kappa shape index (κ2) is 12.0. The van der Waals surface area contributed by atoms with E-state index in [2.05, 4.69) is 25.2 Å².